The van der Waals surface area contributed by atoms with Gasteiger partial charge in [0.15, 0.2) is 0 Å². The van der Waals surface area contributed by atoms with Crippen LogP contribution in [-0.2, 0) is 0 Å². The molecule has 2 atom stereocenters. The van der Waals surface area contributed by atoms with E-state index in [2.05, 4.69) is 54.4 Å². The van der Waals surface area contributed by atoms with Crippen molar-refractivity contribution in [1.82, 2.24) is 5.32 Å². The first-order valence-corrected chi connectivity index (χ1v) is 6.84. The zero-order valence-corrected chi connectivity index (χ0v) is 11.0. The van der Waals surface area contributed by atoms with Gasteiger partial charge in [0.1, 0.15) is 0 Å². The smallest absolute Gasteiger partial charge is 0.0366 e. The van der Waals surface area contributed by atoms with Crippen LogP contribution in [0.2, 0.25) is 0 Å². The molecule has 17 heavy (non-hydrogen) atoms. The SMILES string of the molecule is CCN(CC1NCCCC1C)c1ccccc1. The molecule has 1 aromatic rings. The number of anilines is 1. The first kappa shape index (κ1) is 12.4. The lowest BCUT2D eigenvalue weighted by molar-refractivity contribution is 0.301. The maximum Gasteiger partial charge on any atom is 0.0366 e. The third-order valence-electron chi connectivity index (χ3n) is 3.85. The summed E-state index contributed by atoms with van der Waals surface area (Å²) in [7, 11) is 0. The van der Waals surface area contributed by atoms with Gasteiger partial charge in [-0.05, 0) is 44.4 Å². The van der Waals surface area contributed by atoms with Crippen molar-refractivity contribution in [2.45, 2.75) is 32.7 Å². The Hall–Kier alpha value is -1.02. The summed E-state index contributed by atoms with van der Waals surface area (Å²) in [4.78, 5) is 2.47. The number of likely N-dealkylation sites (N-methyl/N-ethyl adjacent to an activating group) is 1. The second-order valence-electron chi connectivity index (χ2n) is 5.05. The van der Waals surface area contributed by atoms with Crippen molar-refractivity contribution in [3.8, 4) is 0 Å². The number of benzene rings is 1. The average molecular weight is 232 g/mol. The predicted molar refractivity (Wildman–Crippen MR) is 74.5 cm³/mol. The van der Waals surface area contributed by atoms with Crippen LogP contribution in [0.3, 0.4) is 0 Å². The van der Waals surface area contributed by atoms with Crippen LogP contribution in [0.1, 0.15) is 26.7 Å². The van der Waals surface area contributed by atoms with Gasteiger partial charge in [-0.25, -0.2) is 0 Å². The second-order valence-corrected chi connectivity index (χ2v) is 5.05. The van der Waals surface area contributed by atoms with E-state index in [0.29, 0.717) is 6.04 Å². The van der Waals surface area contributed by atoms with E-state index in [9.17, 15) is 0 Å². The van der Waals surface area contributed by atoms with Crippen LogP contribution in [-0.4, -0.2) is 25.7 Å². The van der Waals surface area contributed by atoms with Crippen molar-refractivity contribution in [3.63, 3.8) is 0 Å². The molecule has 94 valence electrons. The number of piperidine rings is 1. The molecule has 2 rings (SSSR count). The Kier molecular flexibility index (Phi) is 4.43. The highest BCUT2D eigenvalue weighted by molar-refractivity contribution is 5.46. The number of hydrogen-bond acceptors (Lipinski definition) is 2. The van der Waals surface area contributed by atoms with Gasteiger partial charge in [-0.3, -0.25) is 0 Å². The topological polar surface area (TPSA) is 15.3 Å². The van der Waals surface area contributed by atoms with Gasteiger partial charge in [0.25, 0.3) is 0 Å². The predicted octanol–water partition coefficient (Wildman–Crippen LogP) is 2.90. The zero-order valence-electron chi connectivity index (χ0n) is 11.0. The molecule has 0 saturated carbocycles. The van der Waals surface area contributed by atoms with Crippen molar-refractivity contribution < 1.29 is 0 Å². The van der Waals surface area contributed by atoms with E-state index in [0.717, 1.165) is 19.0 Å². The van der Waals surface area contributed by atoms with Gasteiger partial charge in [0.05, 0.1) is 0 Å². The summed E-state index contributed by atoms with van der Waals surface area (Å²) in [5, 5.41) is 3.66. The van der Waals surface area contributed by atoms with Gasteiger partial charge < -0.3 is 10.2 Å². The molecule has 1 heterocycles. The van der Waals surface area contributed by atoms with E-state index < -0.39 is 0 Å². The number of rotatable bonds is 4. The van der Waals surface area contributed by atoms with E-state index in [1.165, 1.54) is 25.1 Å². The standard InChI is InChI=1S/C15H24N2/c1-3-17(14-9-5-4-6-10-14)12-15-13(2)8-7-11-16-15/h4-6,9-10,13,15-16H,3,7-8,11-12H2,1-2H3. The molecule has 1 N–H and O–H groups in total. The molecule has 1 aliphatic rings. The summed E-state index contributed by atoms with van der Waals surface area (Å²) in [6.45, 7) is 7.99. The second kappa shape index (κ2) is 6.06. The highest BCUT2D eigenvalue weighted by Crippen LogP contribution is 2.19. The first-order chi connectivity index (χ1) is 8.31. The Morgan fingerprint density at radius 2 is 2.06 bits per heavy atom. The largest absolute Gasteiger partial charge is 0.370 e. The third-order valence-corrected chi connectivity index (χ3v) is 3.85. The minimum atomic E-state index is 0.643. The maximum atomic E-state index is 3.66. The van der Waals surface area contributed by atoms with E-state index in [-0.39, 0.29) is 0 Å². The Balaban J connectivity index is 1.99. The first-order valence-electron chi connectivity index (χ1n) is 6.84. The van der Waals surface area contributed by atoms with E-state index in [1.54, 1.807) is 0 Å². The van der Waals surface area contributed by atoms with Crippen LogP contribution in [0.4, 0.5) is 5.69 Å². The van der Waals surface area contributed by atoms with Gasteiger partial charge in [0.2, 0.25) is 0 Å². The molecular weight excluding hydrogens is 208 g/mol. The van der Waals surface area contributed by atoms with Crippen molar-refractivity contribution >= 4 is 5.69 Å². The van der Waals surface area contributed by atoms with Crippen molar-refractivity contribution in [2.75, 3.05) is 24.5 Å². The zero-order chi connectivity index (χ0) is 12.1. The molecule has 2 heteroatoms. The highest BCUT2D eigenvalue weighted by Gasteiger charge is 2.22. The number of para-hydroxylation sites is 1. The van der Waals surface area contributed by atoms with Crippen molar-refractivity contribution in [2.24, 2.45) is 5.92 Å². The van der Waals surface area contributed by atoms with Crippen LogP contribution in [0, 0.1) is 5.92 Å². The molecule has 1 fully saturated rings. The van der Waals surface area contributed by atoms with Crippen LogP contribution in [0.15, 0.2) is 30.3 Å². The summed E-state index contributed by atoms with van der Waals surface area (Å²) in [5.74, 6) is 0.793. The fourth-order valence-electron chi connectivity index (χ4n) is 2.65. The lowest BCUT2D eigenvalue weighted by Gasteiger charge is -2.35. The molecule has 0 aromatic heterocycles. The Bertz CT molecular complexity index is 323. The average Bonchev–Trinajstić information content (AvgIpc) is 2.39. The summed E-state index contributed by atoms with van der Waals surface area (Å²) in [6, 6.07) is 11.4. The van der Waals surface area contributed by atoms with Crippen LogP contribution in [0.5, 0.6) is 0 Å². The van der Waals surface area contributed by atoms with Gasteiger partial charge in [-0.1, -0.05) is 25.1 Å². The number of nitrogens with zero attached hydrogens (tertiary/aromatic N) is 1. The Morgan fingerprint density at radius 1 is 1.29 bits per heavy atom. The Labute approximate surface area is 105 Å². The molecule has 0 spiro atoms. The quantitative estimate of drug-likeness (QED) is 0.858. The molecule has 0 aliphatic carbocycles. The molecule has 0 radical (unpaired) electrons. The van der Waals surface area contributed by atoms with Crippen molar-refractivity contribution in [1.29, 1.82) is 0 Å². The van der Waals surface area contributed by atoms with Gasteiger partial charge in [-0.2, -0.15) is 0 Å². The van der Waals surface area contributed by atoms with Gasteiger partial charge in [-0.15, -0.1) is 0 Å². The maximum absolute atomic E-state index is 3.66. The van der Waals surface area contributed by atoms with E-state index >= 15 is 0 Å². The number of hydrogen-bond donors (Lipinski definition) is 1. The Morgan fingerprint density at radius 3 is 2.71 bits per heavy atom. The summed E-state index contributed by atoms with van der Waals surface area (Å²) >= 11 is 0. The number of nitrogens with one attached hydrogen (secondary N) is 1. The lowest BCUT2D eigenvalue weighted by Crippen LogP contribution is -2.48. The molecular formula is C15H24N2. The minimum absolute atomic E-state index is 0.643. The van der Waals surface area contributed by atoms with Crippen molar-refractivity contribution in [3.05, 3.63) is 30.3 Å². The third kappa shape index (κ3) is 3.22. The molecule has 1 aromatic carbocycles. The van der Waals surface area contributed by atoms with Crippen LogP contribution < -0.4 is 10.2 Å². The molecule has 2 unspecified atom stereocenters. The molecule has 2 nitrogen and oxygen atoms in total. The molecule has 0 bridgehead atoms. The van der Waals surface area contributed by atoms with Crippen LogP contribution >= 0.6 is 0 Å². The fourth-order valence-corrected chi connectivity index (χ4v) is 2.65. The molecule has 0 amide bonds. The van der Waals surface area contributed by atoms with Crippen LogP contribution in [0.25, 0.3) is 0 Å². The fraction of sp³-hybridized carbons (Fsp3) is 0.600. The van der Waals surface area contributed by atoms with Gasteiger partial charge in [0, 0.05) is 24.8 Å². The monoisotopic (exact) mass is 232 g/mol. The normalized spacial score (nSPS) is 24.6. The molecule has 1 saturated heterocycles. The highest BCUT2D eigenvalue weighted by atomic mass is 15.2. The van der Waals surface area contributed by atoms with Gasteiger partial charge >= 0.3 is 0 Å². The van der Waals surface area contributed by atoms with E-state index in [1.807, 2.05) is 0 Å². The summed E-state index contributed by atoms with van der Waals surface area (Å²) < 4.78 is 0. The lowest BCUT2D eigenvalue weighted by atomic mass is 9.92. The summed E-state index contributed by atoms with van der Waals surface area (Å²) in [6.07, 6.45) is 2.69. The minimum Gasteiger partial charge on any atom is -0.370 e. The summed E-state index contributed by atoms with van der Waals surface area (Å²) in [5.41, 5.74) is 1.34. The molecule has 1 aliphatic heterocycles. The van der Waals surface area contributed by atoms with E-state index in [4.69, 9.17) is 0 Å².